The number of unbranched alkanes of at least 4 members (excludes halogenated alkanes) is 2. The fourth-order valence-corrected chi connectivity index (χ4v) is 5.93. The number of anilines is 2. The molecule has 0 aromatic carbocycles. The lowest BCUT2D eigenvalue weighted by Gasteiger charge is -2.11. The van der Waals surface area contributed by atoms with Gasteiger partial charge in [-0.1, -0.05) is 27.7 Å². The van der Waals surface area contributed by atoms with E-state index in [0.717, 1.165) is 24.2 Å². The number of aromatic nitrogens is 2. The Kier molecular flexibility index (Phi) is 15.9. The Hall–Kier alpha value is -4.92. The largest absolute Gasteiger partial charge is 0.388 e. The van der Waals surface area contributed by atoms with Crippen LogP contribution in [0.1, 0.15) is 119 Å². The van der Waals surface area contributed by atoms with Crippen LogP contribution in [-0.4, -0.2) is 57.5 Å². The summed E-state index contributed by atoms with van der Waals surface area (Å²) in [5.74, 6) is -0.223. The van der Waals surface area contributed by atoms with Crippen LogP contribution in [0, 0.1) is 22.7 Å². The average molecular weight is 723 g/mol. The smallest absolute Gasteiger partial charge is 0.267 e. The molecule has 15 heteroatoms. The highest BCUT2D eigenvalue weighted by atomic mass is 32.1. The van der Waals surface area contributed by atoms with Crippen molar-refractivity contribution in [3.05, 3.63) is 57.8 Å². The van der Waals surface area contributed by atoms with Gasteiger partial charge in [-0.15, -0.1) is 11.3 Å². The average Bonchev–Trinajstić information content (AvgIpc) is 3.81. The SMILES string of the molecule is CC(C)CCn1cc(NC(=O)c2ccc(C(=O)Nc3cc(C(=O)NCCCCC(=N)N)n(CCC(C)C)c3)s2)cc1C(=O)NCCCCC(=N)N. The summed E-state index contributed by atoms with van der Waals surface area (Å²) < 4.78 is 3.68. The Morgan fingerprint density at radius 2 is 1.06 bits per heavy atom. The van der Waals surface area contributed by atoms with Gasteiger partial charge in [0.05, 0.1) is 32.8 Å². The molecule has 14 nitrogen and oxygen atoms in total. The normalized spacial score (nSPS) is 11.1. The van der Waals surface area contributed by atoms with Crippen LogP contribution in [0.25, 0.3) is 0 Å². The van der Waals surface area contributed by atoms with Crippen LogP contribution in [0.3, 0.4) is 0 Å². The number of thiophene rings is 1. The zero-order chi connectivity index (χ0) is 37.5. The number of hydrogen-bond donors (Lipinski definition) is 8. The first-order valence-electron chi connectivity index (χ1n) is 17.6. The van der Waals surface area contributed by atoms with E-state index in [2.05, 4.69) is 49.0 Å². The van der Waals surface area contributed by atoms with Crippen molar-refractivity contribution in [1.29, 1.82) is 10.8 Å². The summed E-state index contributed by atoms with van der Waals surface area (Å²) in [5, 5.41) is 26.2. The Bertz CT molecular complexity index is 1550. The van der Waals surface area contributed by atoms with Gasteiger partial charge in [-0.05, 0) is 74.6 Å². The molecule has 0 aliphatic heterocycles. The molecule has 0 saturated heterocycles. The molecule has 0 unspecified atom stereocenters. The number of amidine groups is 2. The summed E-state index contributed by atoms with van der Waals surface area (Å²) in [5.41, 5.74) is 12.6. The first kappa shape index (κ1) is 40.5. The Labute approximate surface area is 304 Å². The maximum atomic E-state index is 13.2. The summed E-state index contributed by atoms with van der Waals surface area (Å²) in [4.78, 5) is 53.2. The predicted octanol–water partition coefficient (Wildman–Crippen LogP) is 5.62. The number of carbonyl (C=O) groups excluding carboxylic acids is 4. The molecule has 0 atom stereocenters. The van der Waals surface area contributed by atoms with Gasteiger partial charge < -0.3 is 41.9 Å². The molecule has 3 aromatic heterocycles. The fraction of sp³-hybridized carbons (Fsp3) is 0.500. The minimum Gasteiger partial charge on any atom is -0.388 e. The first-order chi connectivity index (χ1) is 24.2. The van der Waals surface area contributed by atoms with E-state index in [1.165, 1.54) is 0 Å². The van der Waals surface area contributed by atoms with Crippen LogP contribution in [0.15, 0.2) is 36.7 Å². The van der Waals surface area contributed by atoms with Crippen LogP contribution < -0.4 is 32.7 Å². The first-order valence-corrected chi connectivity index (χ1v) is 18.4. The lowest BCUT2D eigenvalue weighted by atomic mass is 10.1. The second-order valence-electron chi connectivity index (χ2n) is 13.5. The van der Waals surface area contributed by atoms with Gasteiger partial charge in [0.25, 0.3) is 23.6 Å². The van der Waals surface area contributed by atoms with Crippen molar-refractivity contribution in [1.82, 2.24) is 19.8 Å². The van der Waals surface area contributed by atoms with Crippen molar-refractivity contribution in [2.24, 2.45) is 23.3 Å². The highest BCUT2D eigenvalue weighted by Crippen LogP contribution is 2.23. The molecule has 0 bridgehead atoms. The van der Waals surface area contributed by atoms with Crippen molar-refractivity contribution >= 4 is 58.0 Å². The molecule has 10 N–H and O–H groups in total. The standard InChI is InChI=1S/C36H54N10O4S/c1-23(2)13-17-45-21-25(19-27(45)33(47)41-15-7-5-9-31(37)38)43-35(49)29-11-12-30(51-29)36(50)44-26-20-28(46(22-26)18-14-24(3)4)34(48)42-16-8-6-10-32(39)40/h11-12,19-24H,5-10,13-18H2,1-4H3,(H3,37,38)(H3,39,40)(H,41,47)(H,42,48)(H,43,49)(H,44,50). The van der Waals surface area contributed by atoms with Crippen molar-refractivity contribution in [2.45, 2.75) is 92.2 Å². The monoisotopic (exact) mass is 722 g/mol. The predicted molar refractivity (Wildman–Crippen MR) is 204 cm³/mol. The number of hydrogen-bond acceptors (Lipinski definition) is 7. The number of nitrogens with one attached hydrogen (secondary N) is 6. The van der Waals surface area contributed by atoms with Gasteiger partial charge in [-0.25, -0.2) is 0 Å². The zero-order valence-electron chi connectivity index (χ0n) is 30.2. The summed E-state index contributed by atoms with van der Waals surface area (Å²) in [6.07, 6.45) is 8.96. The number of carbonyl (C=O) groups is 4. The van der Waals surface area contributed by atoms with Crippen molar-refractivity contribution in [2.75, 3.05) is 23.7 Å². The van der Waals surface area contributed by atoms with E-state index in [0.29, 0.717) is 109 Å². The molecule has 4 amide bonds. The zero-order valence-corrected chi connectivity index (χ0v) is 31.0. The fourth-order valence-electron chi connectivity index (χ4n) is 5.14. The lowest BCUT2D eigenvalue weighted by molar-refractivity contribution is 0.0935. The minimum absolute atomic E-state index is 0.125. The molecule has 3 rings (SSSR count). The molecule has 0 fully saturated rings. The van der Waals surface area contributed by atoms with Gasteiger partial charge in [0.15, 0.2) is 0 Å². The van der Waals surface area contributed by atoms with Crippen LogP contribution in [0.4, 0.5) is 11.4 Å². The molecule has 0 radical (unpaired) electrons. The van der Waals surface area contributed by atoms with E-state index in [-0.39, 0.29) is 23.5 Å². The second kappa shape index (κ2) is 20.1. The molecule has 3 heterocycles. The Morgan fingerprint density at radius 1 is 0.667 bits per heavy atom. The number of rotatable bonds is 22. The minimum atomic E-state index is -0.404. The summed E-state index contributed by atoms with van der Waals surface area (Å²) in [6.45, 7) is 10.5. The Morgan fingerprint density at radius 3 is 1.41 bits per heavy atom. The summed E-state index contributed by atoms with van der Waals surface area (Å²) >= 11 is 1.04. The maximum Gasteiger partial charge on any atom is 0.267 e. The van der Waals surface area contributed by atoms with Crippen LogP contribution in [-0.2, 0) is 13.1 Å². The molecule has 0 aliphatic rings. The van der Waals surface area contributed by atoms with Gasteiger partial charge in [0.1, 0.15) is 11.4 Å². The van der Waals surface area contributed by atoms with Crippen LogP contribution >= 0.6 is 11.3 Å². The molecular formula is C36H54N10O4S. The Balaban J connectivity index is 1.66. The van der Waals surface area contributed by atoms with Gasteiger partial charge in [0, 0.05) is 51.4 Å². The van der Waals surface area contributed by atoms with Crippen molar-refractivity contribution in [3.8, 4) is 0 Å². The lowest BCUT2D eigenvalue weighted by Crippen LogP contribution is -2.27. The highest BCUT2D eigenvalue weighted by molar-refractivity contribution is 7.16. The van der Waals surface area contributed by atoms with Crippen molar-refractivity contribution < 1.29 is 19.2 Å². The van der Waals surface area contributed by atoms with E-state index in [4.69, 9.17) is 22.3 Å². The second-order valence-corrected chi connectivity index (χ2v) is 14.6. The number of nitrogens with two attached hydrogens (primary N) is 2. The van der Waals surface area contributed by atoms with Gasteiger partial charge in [-0.2, -0.15) is 0 Å². The van der Waals surface area contributed by atoms with Crippen LogP contribution in [0.5, 0.6) is 0 Å². The third kappa shape index (κ3) is 13.7. The van der Waals surface area contributed by atoms with Gasteiger partial charge in [0.2, 0.25) is 0 Å². The summed E-state index contributed by atoms with van der Waals surface area (Å²) in [6, 6.07) is 6.46. The van der Waals surface area contributed by atoms with E-state index in [1.807, 2.05) is 9.13 Å². The molecule has 0 saturated carbocycles. The van der Waals surface area contributed by atoms with Crippen LogP contribution in [0.2, 0.25) is 0 Å². The molecule has 0 aliphatic carbocycles. The number of nitrogens with zero attached hydrogens (tertiary/aromatic N) is 2. The molecular weight excluding hydrogens is 669 g/mol. The molecule has 0 spiro atoms. The third-order valence-electron chi connectivity index (χ3n) is 8.04. The van der Waals surface area contributed by atoms with E-state index in [9.17, 15) is 19.2 Å². The molecule has 3 aromatic rings. The van der Waals surface area contributed by atoms with E-state index < -0.39 is 11.8 Å². The number of amides is 4. The van der Waals surface area contributed by atoms with E-state index in [1.54, 1.807) is 36.7 Å². The number of aryl methyl sites for hydroxylation is 2. The van der Waals surface area contributed by atoms with Gasteiger partial charge in [-0.3, -0.25) is 30.0 Å². The van der Waals surface area contributed by atoms with Gasteiger partial charge >= 0.3 is 0 Å². The highest BCUT2D eigenvalue weighted by Gasteiger charge is 2.20. The van der Waals surface area contributed by atoms with E-state index >= 15 is 0 Å². The third-order valence-corrected chi connectivity index (χ3v) is 9.12. The maximum absolute atomic E-state index is 13.2. The topological polar surface area (TPSA) is 226 Å². The van der Waals surface area contributed by atoms with Crippen molar-refractivity contribution in [3.63, 3.8) is 0 Å². The molecule has 51 heavy (non-hydrogen) atoms. The molecule has 278 valence electrons. The quantitative estimate of drug-likeness (QED) is 0.0373. The summed E-state index contributed by atoms with van der Waals surface area (Å²) in [7, 11) is 0.